The summed E-state index contributed by atoms with van der Waals surface area (Å²) in [5, 5.41) is 0. The minimum Gasteiger partial charge on any atom is -0.469 e. The van der Waals surface area contributed by atoms with Gasteiger partial charge in [-0.3, -0.25) is 4.79 Å². The predicted octanol–water partition coefficient (Wildman–Crippen LogP) is 1.95. The first kappa shape index (κ1) is 14.8. The van der Waals surface area contributed by atoms with E-state index in [-0.39, 0.29) is 24.4 Å². The Morgan fingerprint density at radius 1 is 1.44 bits per heavy atom. The second kappa shape index (κ2) is 6.40. The van der Waals surface area contributed by atoms with Crippen LogP contribution in [0.25, 0.3) is 0 Å². The van der Waals surface area contributed by atoms with Crippen LogP contribution in [0.4, 0.5) is 8.78 Å². The molecule has 0 saturated heterocycles. The number of hydrogen-bond donors (Lipinski definition) is 1. The Kier molecular flexibility index (Phi) is 5.92. The Balaban J connectivity index is 0.00000225. The third-order valence-corrected chi connectivity index (χ3v) is 1.98. The van der Waals surface area contributed by atoms with Gasteiger partial charge in [-0.2, -0.15) is 0 Å². The van der Waals surface area contributed by atoms with Gasteiger partial charge in [0.15, 0.2) is 0 Å². The van der Waals surface area contributed by atoms with Gasteiger partial charge < -0.3 is 10.5 Å². The summed E-state index contributed by atoms with van der Waals surface area (Å²) >= 11 is 0. The van der Waals surface area contributed by atoms with E-state index in [1.54, 1.807) is 0 Å². The molecule has 0 unspecified atom stereocenters. The molecule has 0 spiro atoms. The summed E-state index contributed by atoms with van der Waals surface area (Å²) in [4.78, 5) is 10.9. The maximum atomic E-state index is 13.2. The number of nitrogens with two attached hydrogens (primary N) is 1. The van der Waals surface area contributed by atoms with Crippen molar-refractivity contribution in [2.24, 2.45) is 5.73 Å². The van der Waals surface area contributed by atoms with E-state index in [9.17, 15) is 13.6 Å². The van der Waals surface area contributed by atoms with Gasteiger partial charge in [-0.15, -0.1) is 12.4 Å². The van der Waals surface area contributed by atoms with Crippen LogP contribution in [0, 0.1) is 11.6 Å². The summed E-state index contributed by atoms with van der Waals surface area (Å²) < 4.78 is 30.7. The molecule has 1 atom stereocenters. The molecule has 0 fully saturated rings. The summed E-state index contributed by atoms with van der Waals surface area (Å²) in [6, 6.07) is 2.39. The minimum absolute atomic E-state index is 0. The van der Waals surface area contributed by atoms with E-state index in [1.165, 1.54) is 13.2 Å². The van der Waals surface area contributed by atoms with Gasteiger partial charge in [0.2, 0.25) is 0 Å². The van der Waals surface area contributed by atoms with Crippen LogP contribution in [0.1, 0.15) is 18.0 Å². The van der Waals surface area contributed by atoms with Crippen molar-refractivity contribution >= 4 is 18.4 Å². The number of halogens is 3. The summed E-state index contributed by atoms with van der Waals surface area (Å²) in [6.07, 6.45) is -0.256. The number of rotatable bonds is 3. The molecule has 0 aliphatic heterocycles. The molecule has 0 aromatic heterocycles. The highest BCUT2D eigenvalue weighted by Crippen LogP contribution is 2.21. The lowest BCUT2D eigenvalue weighted by Crippen LogP contribution is -2.19. The van der Waals surface area contributed by atoms with Gasteiger partial charge in [-0.25, -0.2) is 8.78 Å². The zero-order valence-electron chi connectivity index (χ0n) is 8.57. The Hall–Kier alpha value is -1.20. The quantitative estimate of drug-likeness (QED) is 0.836. The molecule has 1 aromatic carbocycles. The zero-order valence-corrected chi connectivity index (χ0v) is 9.39. The van der Waals surface area contributed by atoms with Crippen molar-refractivity contribution in [1.82, 2.24) is 0 Å². The first-order valence-corrected chi connectivity index (χ1v) is 4.32. The smallest absolute Gasteiger partial charge is 0.307 e. The molecule has 1 aromatic rings. The number of carbonyl (C=O) groups excluding carboxylic acids is 1. The van der Waals surface area contributed by atoms with Crippen molar-refractivity contribution < 1.29 is 18.3 Å². The lowest BCUT2D eigenvalue weighted by molar-refractivity contribution is -0.141. The third-order valence-electron chi connectivity index (χ3n) is 1.98. The Labute approximate surface area is 98.0 Å². The fourth-order valence-corrected chi connectivity index (χ4v) is 1.23. The van der Waals surface area contributed by atoms with Crippen molar-refractivity contribution in [3.63, 3.8) is 0 Å². The van der Waals surface area contributed by atoms with Crippen molar-refractivity contribution in [1.29, 1.82) is 0 Å². The van der Waals surface area contributed by atoms with Crippen LogP contribution in [0.3, 0.4) is 0 Å². The minimum atomic E-state index is -1.03. The Morgan fingerprint density at radius 2 is 1.94 bits per heavy atom. The molecule has 90 valence electrons. The summed E-state index contributed by atoms with van der Waals surface area (Å²) in [7, 11) is 1.19. The van der Waals surface area contributed by atoms with Gasteiger partial charge in [-0.1, -0.05) is 6.07 Å². The number of hydrogen-bond acceptors (Lipinski definition) is 3. The van der Waals surface area contributed by atoms with Crippen LogP contribution in [-0.4, -0.2) is 13.1 Å². The van der Waals surface area contributed by atoms with Gasteiger partial charge in [0.25, 0.3) is 0 Å². The van der Waals surface area contributed by atoms with Gasteiger partial charge in [0, 0.05) is 11.6 Å². The van der Waals surface area contributed by atoms with Crippen LogP contribution in [0.5, 0.6) is 0 Å². The highest BCUT2D eigenvalue weighted by Gasteiger charge is 2.19. The van der Waals surface area contributed by atoms with E-state index >= 15 is 0 Å². The average Bonchev–Trinajstić information content (AvgIpc) is 2.17. The second-order valence-corrected chi connectivity index (χ2v) is 3.02. The fourth-order valence-electron chi connectivity index (χ4n) is 1.23. The predicted molar refractivity (Wildman–Crippen MR) is 57.2 cm³/mol. The zero-order chi connectivity index (χ0) is 11.4. The highest BCUT2D eigenvalue weighted by atomic mass is 35.5. The molecule has 1 rings (SSSR count). The van der Waals surface area contributed by atoms with E-state index in [0.29, 0.717) is 0 Å². The number of carbonyl (C=O) groups is 1. The van der Waals surface area contributed by atoms with Crippen molar-refractivity contribution in [3.05, 3.63) is 35.4 Å². The van der Waals surface area contributed by atoms with Gasteiger partial charge in [-0.05, 0) is 12.1 Å². The van der Waals surface area contributed by atoms with Crippen LogP contribution in [-0.2, 0) is 9.53 Å². The van der Waals surface area contributed by atoms with E-state index in [1.807, 2.05) is 0 Å². The average molecular weight is 252 g/mol. The molecule has 0 radical (unpaired) electrons. The molecule has 6 heteroatoms. The molecule has 0 heterocycles. The van der Waals surface area contributed by atoms with Gasteiger partial charge in [0.1, 0.15) is 11.6 Å². The first-order chi connectivity index (χ1) is 7.06. The maximum absolute atomic E-state index is 13.2. The molecule has 16 heavy (non-hydrogen) atoms. The Bertz CT molecular complexity index is 354. The number of esters is 1. The molecule has 0 bridgehead atoms. The van der Waals surface area contributed by atoms with Crippen molar-refractivity contribution in [3.8, 4) is 0 Å². The summed E-state index contributed by atoms with van der Waals surface area (Å²) in [5.41, 5.74) is 5.20. The Morgan fingerprint density at radius 3 is 2.38 bits per heavy atom. The molecular formula is C10H12ClF2NO2. The highest BCUT2D eigenvalue weighted by molar-refractivity contribution is 5.85. The van der Waals surface area contributed by atoms with E-state index in [2.05, 4.69) is 4.74 Å². The second-order valence-electron chi connectivity index (χ2n) is 3.02. The van der Waals surface area contributed by atoms with Crippen LogP contribution < -0.4 is 5.73 Å². The topological polar surface area (TPSA) is 52.3 Å². The van der Waals surface area contributed by atoms with Crippen LogP contribution >= 0.6 is 12.4 Å². The molecule has 0 aliphatic rings. The molecule has 0 amide bonds. The summed E-state index contributed by atoms with van der Waals surface area (Å²) in [5.74, 6) is -2.12. The SMILES string of the molecule is COC(=O)C[C@H](N)c1c(F)cccc1F.Cl. The van der Waals surface area contributed by atoms with Crippen LogP contribution in [0.2, 0.25) is 0 Å². The van der Waals surface area contributed by atoms with E-state index in [0.717, 1.165) is 12.1 Å². The standard InChI is InChI=1S/C10H11F2NO2.ClH/c1-15-9(14)5-8(13)10-6(11)3-2-4-7(10)12;/h2-4,8H,5,13H2,1H3;1H/t8-;/m0./s1. The number of benzene rings is 1. The largest absolute Gasteiger partial charge is 0.469 e. The fraction of sp³-hybridized carbons (Fsp3) is 0.300. The van der Waals surface area contributed by atoms with Crippen molar-refractivity contribution in [2.45, 2.75) is 12.5 Å². The first-order valence-electron chi connectivity index (χ1n) is 4.32. The summed E-state index contributed by atoms with van der Waals surface area (Å²) in [6.45, 7) is 0. The normalized spacial score (nSPS) is 11.5. The van der Waals surface area contributed by atoms with Gasteiger partial charge in [0.05, 0.1) is 13.5 Å². The van der Waals surface area contributed by atoms with Crippen molar-refractivity contribution in [2.75, 3.05) is 7.11 Å². The maximum Gasteiger partial charge on any atom is 0.307 e. The van der Waals surface area contributed by atoms with Gasteiger partial charge >= 0.3 is 5.97 Å². The molecule has 0 saturated carbocycles. The molecule has 2 N–H and O–H groups in total. The lowest BCUT2D eigenvalue weighted by Gasteiger charge is -2.12. The van der Waals surface area contributed by atoms with E-state index < -0.39 is 23.6 Å². The van der Waals surface area contributed by atoms with E-state index in [4.69, 9.17) is 5.73 Å². The molecule has 3 nitrogen and oxygen atoms in total. The molecular weight excluding hydrogens is 240 g/mol. The third kappa shape index (κ3) is 3.43. The number of methoxy groups -OCH3 is 1. The lowest BCUT2D eigenvalue weighted by atomic mass is 10.0. The molecule has 0 aliphatic carbocycles. The van der Waals surface area contributed by atoms with Crippen LogP contribution in [0.15, 0.2) is 18.2 Å². The monoisotopic (exact) mass is 251 g/mol. The number of ether oxygens (including phenoxy) is 1.